The van der Waals surface area contributed by atoms with Crippen LogP contribution in [0.2, 0.25) is 0 Å². The Labute approximate surface area is 90.3 Å². The summed E-state index contributed by atoms with van der Waals surface area (Å²) in [6.45, 7) is 2.55. The highest BCUT2D eigenvalue weighted by molar-refractivity contribution is 9.10. The van der Waals surface area contributed by atoms with Crippen molar-refractivity contribution in [1.29, 1.82) is 0 Å². The first-order valence-corrected chi connectivity index (χ1v) is 5.78. The van der Waals surface area contributed by atoms with Gasteiger partial charge in [0.2, 0.25) is 0 Å². The number of hydrogen-bond acceptors (Lipinski definition) is 3. The van der Waals surface area contributed by atoms with Crippen LogP contribution < -0.4 is 5.73 Å². The largest absolute Gasteiger partial charge is 0.330 e. The second-order valence-corrected chi connectivity index (χ2v) is 4.92. The van der Waals surface area contributed by atoms with E-state index in [1.165, 1.54) is 11.3 Å². The van der Waals surface area contributed by atoms with Crippen LogP contribution >= 0.6 is 27.3 Å². The smallest absolute Gasteiger partial charge is 0.173 e. The van der Waals surface area contributed by atoms with Crippen molar-refractivity contribution in [2.75, 3.05) is 6.54 Å². The summed E-state index contributed by atoms with van der Waals surface area (Å²) in [5.74, 6) is 0.460. The average Bonchev–Trinajstić information content (AvgIpc) is 2.51. The topological polar surface area (TPSA) is 43.1 Å². The van der Waals surface area contributed by atoms with Crippen molar-refractivity contribution in [3.8, 4) is 0 Å². The molecule has 0 amide bonds. The lowest BCUT2D eigenvalue weighted by atomic mass is 10.0. The Bertz CT molecular complexity index is 298. The second kappa shape index (κ2) is 4.88. The van der Waals surface area contributed by atoms with Crippen molar-refractivity contribution in [2.45, 2.75) is 13.3 Å². The quantitative estimate of drug-likeness (QED) is 0.848. The molecule has 0 aliphatic rings. The number of halogens is 1. The van der Waals surface area contributed by atoms with Gasteiger partial charge in [0.05, 0.1) is 4.88 Å². The molecule has 0 saturated carbocycles. The third-order valence-electron chi connectivity index (χ3n) is 1.78. The van der Waals surface area contributed by atoms with Crippen LogP contribution in [-0.2, 0) is 0 Å². The highest BCUT2D eigenvalue weighted by Gasteiger charge is 2.11. The molecule has 1 heterocycles. The number of carbonyl (C=O) groups is 1. The molecule has 0 spiro atoms. The summed E-state index contributed by atoms with van der Waals surface area (Å²) < 4.78 is 0.973. The van der Waals surface area contributed by atoms with Crippen LogP contribution in [0.15, 0.2) is 15.9 Å². The summed E-state index contributed by atoms with van der Waals surface area (Å²) in [5.41, 5.74) is 5.45. The number of ketones is 1. The van der Waals surface area contributed by atoms with Gasteiger partial charge in [0.25, 0.3) is 0 Å². The van der Waals surface area contributed by atoms with Gasteiger partial charge in [-0.25, -0.2) is 0 Å². The van der Waals surface area contributed by atoms with Gasteiger partial charge in [-0.15, -0.1) is 11.3 Å². The molecule has 0 saturated heterocycles. The van der Waals surface area contributed by atoms with E-state index in [1.807, 2.05) is 18.4 Å². The Kier molecular flexibility index (Phi) is 4.09. The Morgan fingerprint density at radius 3 is 2.92 bits per heavy atom. The molecule has 1 atom stereocenters. The highest BCUT2D eigenvalue weighted by atomic mass is 79.9. The van der Waals surface area contributed by atoms with Crippen molar-refractivity contribution < 1.29 is 4.79 Å². The van der Waals surface area contributed by atoms with E-state index in [2.05, 4.69) is 15.9 Å². The van der Waals surface area contributed by atoms with Crippen LogP contribution in [0.25, 0.3) is 0 Å². The summed E-state index contributed by atoms with van der Waals surface area (Å²) in [6, 6.07) is 1.86. The molecule has 0 radical (unpaired) electrons. The Hall–Kier alpha value is -0.190. The van der Waals surface area contributed by atoms with Gasteiger partial charge in [-0.05, 0) is 34.5 Å². The molecule has 1 aromatic rings. The number of thiophene rings is 1. The molecule has 1 rings (SSSR count). The lowest BCUT2D eigenvalue weighted by Crippen LogP contribution is -2.14. The molecule has 4 heteroatoms. The Morgan fingerprint density at radius 2 is 2.46 bits per heavy atom. The van der Waals surface area contributed by atoms with Crippen LogP contribution in [0, 0.1) is 5.92 Å². The molecule has 2 N–H and O–H groups in total. The monoisotopic (exact) mass is 261 g/mol. The van der Waals surface area contributed by atoms with Crippen LogP contribution in [0.3, 0.4) is 0 Å². The van der Waals surface area contributed by atoms with E-state index in [0.29, 0.717) is 13.0 Å². The molecule has 1 aromatic heterocycles. The lowest BCUT2D eigenvalue weighted by molar-refractivity contribution is 0.0970. The van der Waals surface area contributed by atoms with Crippen LogP contribution in [0.4, 0.5) is 0 Å². The minimum Gasteiger partial charge on any atom is -0.330 e. The zero-order valence-corrected chi connectivity index (χ0v) is 9.82. The summed E-state index contributed by atoms with van der Waals surface area (Å²) in [5, 5.41) is 1.92. The molecule has 0 aromatic carbocycles. The van der Waals surface area contributed by atoms with E-state index >= 15 is 0 Å². The van der Waals surface area contributed by atoms with E-state index in [9.17, 15) is 4.79 Å². The normalized spacial score (nSPS) is 12.8. The standard InChI is InChI=1S/C9H12BrNOS/c1-6(4-11)2-8(12)9-3-7(10)5-13-9/h3,5-6H,2,4,11H2,1H3. The maximum Gasteiger partial charge on any atom is 0.173 e. The third-order valence-corrected chi connectivity index (χ3v) is 3.51. The van der Waals surface area contributed by atoms with Crippen molar-refractivity contribution in [3.63, 3.8) is 0 Å². The molecule has 0 aliphatic heterocycles. The van der Waals surface area contributed by atoms with E-state index in [-0.39, 0.29) is 11.7 Å². The SMILES string of the molecule is CC(CN)CC(=O)c1cc(Br)cs1. The van der Waals surface area contributed by atoms with E-state index in [1.54, 1.807) is 0 Å². The fourth-order valence-corrected chi connectivity index (χ4v) is 2.34. The van der Waals surface area contributed by atoms with Gasteiger partial charge in [-0.3, -0.25) is 4.79 Å². The van der Waals surface area contributed by atoms with Crippen molar-refractivity contribution in [2.24, 2.45) is 11.7 Å². The van der Waals surface area contributed by atoms with E-state index in [4.69, 9.17) is 5.73 Å². The number of nitrogens with two attached hydrogens (primary N) is 1. The molecular weight excluding hydrogens is 250 g/mol. The van der Waals surface area contributed by atoms with Crippen molar-refractivity contribution in [3.05, 3.63) is 20.8 Å². The first kappa shape index (κ1) is 10.9. The lowest BCUT2D eigenvalue weighted by Gasteiger charge is -2.04. The molecule has 0 aliphatic carbocycles. The maximum absolute atomic E-state index is 11.6. The fraction of sp³-hybridized carbons (Fsp3) is 0.444. The van der Waals surface area contributed by atoms with E-state index in [0.717, 1.165) is 9.35 Å². The predicted molar refractivity (Wildman–Crippen MR) is 59.2 cm³/mol. The molecule has 1 unspecified atom stereocenters. The molecule has 0 fully saturated rings. The van der Waals surface area contributed by atoms with Crippen LogP contribution in [0.1, 0.15) is 23.0 Å². The summed E-state index contributed by atoms with van der Waals surface area (Å²) >= 11 is 4.79. The third kappa shape index (κ3) is 3.21. The molecule has 2 nitrogen and oxygen atoms in total. The van der Waals surface area contributed by atoms with Gasteiger partial charge >= 0.3 is 0 Å². The van der Waals surface area contributed by atoms with Crippen molar-refractivity contribution in [1.82, 2.24) is 0 Å². The first-order valence-electron chi connectivity index (χ1n) is 4.10. The van der Waals surface area contributed by atoms with Gasteiger partial charge in [0.1, 0.15) is 0 Å². The van der Waals surface area contributed by atoms with Gasteiger partial charge in [-0.1, -0.05) is 6.92 Å². The van der Waals surface area contributed by atoms with Crippen molar-refractivity contribution >= 4 is 33.0 Å². The highest BCUT2D eigenvalue weighted by Crippen LogP contribution is 2.22. The minimum atomic E-state index is 0.189. The summed E-state index contributed by atoms with van der Waals surface area (Å²) in [6.07, 6.45) is 0.545. The van der Waals surface area contributed by atoms with E-state index < -0.39 is 0 Å². The number of hydrogen-bond donors (Lipinski definition) is 1. The Morgan fingerprint density at radius 1 is 1.77 bits per heavy atom. The molecule has 72 valence electrons. The second-order valence-electron chi connectivity index (χ2n) is 3.10. The molecular formula is C9H12BrNOS. The average molecular weight is 262 g/mol. The number of carbonyl (C=O) groups excluding carboxylic acids is 1. The number of rotatable bonds is 4. The van der Waals surface area contributed by atoms with Crippen LogP contribution in [0.5, 0.6) is 0 Å². The predicted octanol–water partition coefficient (Wildman–Crippen LogP) is 2.68. The summed E-state index contributed by atoms with van der Waals surface area (Å²) in [4.78, 5) is 12.4. The van der Waals surface area contributed by atoms with Gasteiger partial charge in [0.15, 0.2) is 5.78 Å². The first-order chi connectivity index (χ1) is 6.13. The zero-order chi connectivity index (χ0) is 9.84. The number of Topliss-reactive ketones (excluding diaryl/α,β-unsaturated/α-hetero) is 1. The van der Waals surface area contributed by atoms with Gasteiger partial charge in [-0.2, -0.15) is 0 Å². The molecule has 13 heavy (non-hydrogen) atoms. The Balaban J connectivity index is 2.58. The fourth-order valence-electron chi connectivity index (χ4n) is 0.960. The maximum atomic E-state index is 11.6. The van der Waals surface area contributed by atoms with Crippen LogP contribution in [-0.4, -0.2) is 12.3 Å². The minimum absolute atomic E-state index is 0.189. The zero-order valence-electron chi connectivity index (χ0n) is 7.42. The van der Waals surface area contributed by atoms with Gasteiger partial charge in [0, 0.05) is 16.3 Å². The van der Waals surface area contributed by atoms with Gasteiger partial charge < -0.3 is 5.73 Å². The summed E-state index contributed by atoms with van der Waals surface area (Å²) in [7, 11) is 0. The molecule has 0 bridgehead atoms.